The minimum absolute atomic E-state index is 0.0596. The minimum Gasteiger partial charge on any atom is -0.393 e. The van der Waals surface area contributed by atoms with Crippen molar-refractivity contribution in [3.8, 4) is 0 Å². The van der Waals surface area contributed by atoms with E-state index in [9.17, 15) is 9.90 Å². The molecule has 0 bridgehead atoms. The lowest BCUT2D eigenvalue weighted by Gasteiger charge is -2.28. The Hall–Kier alpha value is -0.830. The van der Waals surface area contributed by atoms with Gasteiger partial charge in [0.2, 0.25) is 5.91 Å². The lowest BCUT2D eigenvalue weighted by atomic mass is 10.1. The zero-order valence-electron chi connectivity index (χ0n) is 7.36. The molecule has 0 aliphatic carbocycles. The molecule has 1 aliphatic rings. The molecule has 1 aliphatic heterocycles. The molecule has 0 atom stereocenters. The highest BCUT2D eigenvalue weighted by molar-refractivity contribution is 5.87. The summed E-state index contributed by atoms with van der Waals surface area (Å²) in [5.41, 5.74) is 0. The Morgan fingerprint density at radius 3 is 2.58 bits per heavy atom. The van der Waals surface area contributed by atoms with Crippen molar-refractivity contribution < 1.29 is 9.90 Å². The van der Waals surface area contributed by atoms with Crippen LogP contribution in [0, 0.1) is 0 Å². The van der Waals surface area contributed by atoms with Crippen molar-refractivity contribution in [2.75, 3.05) is 13.1 Å². The summed E-state index contributed by atoms with van der Waals surface area (Å²) in [6.45, 7) is 3.20. The zero-order chi connectivity index (χ0) is 8.97. The number of aliphatic hydroxyl groups is 1. The lowest BCUT2D eigenvalue weighted by Crippen LogP contribution is -2.39. The Bertz CT molecular complexity index is 181. The largest absolute Gasteiger partial charge is 0.393 e. The number of piperidine rings is 1. The van der Waals surface area contributed by atoms with E-state index in [2.05, 4.69) is 0 Å². The van der Waals surface area contributed by atoms with Crippen LogP contribution in [0.15, 0.2) is 12.2 Å². The summed E-state index contributed by atoms with van der Waals surface area (Å²) in [5, 5.41) is 9.18. The molecule has 1 heterocycles. The first-order valence-electron chi connectivity index (χ1n) is 4.33. The summed E-state index contributed by atoms with van der Waals surface area (Å²) in [7, 11) is 0. The van der Waals surface area contributed by atoms with Gasteiger partial charge < -0.3 is 10.0 Å². The Labute approximate surface area is 72.7 Å². The molecule has 1 fully saturated rings. The van der Waals surface area contributed by atoms with Crippen LogP contribution in [0.5, 0.6) is 0 Å². The van der Waals surface area contributed by atoms with Gasteiger partial charge in [-0.3, -0.25) is 4.79 Å². The number of carbonyl (C=O) groups excluding carboxylic acids is 1. The molecule has 0 saturated carbocycles. The fourth-order valence-electron chi connectivity index (χ4n) is 1.33. The van der Waals surface area contributed by atoms with Gasteiger partial charge in [-0.25, -0.2) is 0 Å². The number of allylic oxidation sites excluding steroid dienone is 1. The van der Waals surface area contributed by atoms with E-state index in [0.29, 0.717) is 25.9 Å². The fourth-order valence-corrected chi connectivity index (χ4v) is 1.33. The smallest absolute Gasteiger partial charge is 0.246 e. The summed E-state index contributed by atoms with van der Waals surface area (Å²) in [6.07, 6.45) is 4.53. The van der Waals surface area contributed by atoms with Crippen molar-refractivity contribution in [2.45, 2.75) is 25.9 Å². The first kappa shape index (κ1) is 9.26. The maximum Gasteiger partial charge on any atom is 0.246 e. The van der Waals surface area contributed by atoms with E-state index in [1.807, 2.05) is 6.92 Å². The molecule has 0 spiro atoms. The SMILES string of the molecule is C/C=C/C(=O)N1CCC(O)CC1. The maximum absolute atomic E-state index is 11.3. The molecule has 3 heteroatoms. The number of rotatable bonds is 1. The third-order valence-corrected chi connectivity index (χ3v) is 2.09. The van der Waals surface area contributed by atoms with Crippen LogP contribution in [0.2, 0.25) is 0 Å². The Balaban J connectivity index is 2.39. The molecule has 0 unspecified atom stereocenters. The Morgan fingerprint density at radius 2 is 2.08 bits per heavy atom. The molecule has 0 aromatic heterocycles. The van der Waals surface area contributed by atoms with Gasteiger partial charge in [0.25, 0.3) is 0 Å². The summed E-state index contributed by atoms with van der Waals surface area (Å²) in [4.78, 5) is 13.0. The average molecular weight is 169 g/mol. The number of likely N-dealkylation sites (tertiary alicyclic amines) is 1. The van der Waals surface area contributed by atoms with Crippen molar-refractivity contribution in [3.63, 3.8) is 0 Å². The highest BCUT2D eigenvalue weighted by Crippen LogP contribution is 2.09. The van der Waals surface area contributed by atoms with Crippen molar-refractivity contribution in [1.82, 2.24) is 4.90 Å². The Morgan fingerprint density at radius 1 is 1.50 bits per heavy atom. The van der Waals surface area contributed by atoms with E-state index in [0.717, 1.165) is 0 Å². The van der Waals surface area contributed by atoms with E-state index in [-0.39, 0.29) is 12.0 Å². The van der Waals surface area contributed by atoms with Gasteiger partial charge in [-0.2, -0.15) is 0 Å². The second kappa shape index (κ2) is 4.26. The lowest BCUT2D eigenvalue weighted by molar-refractivity contribution is -0.127. The first-order chi connectivity index (χ1) is 5.74. The zero-order valence-corrected chi connectivity index (χ0v) is 7.36. The van der Waals surface area contributed by atoms with Gasteiger partial charge in [0, 0.05) is 13.1 Å². The Kier molecular flexibility index (Phi) is 3.29. The summed E-state index contributed by atoms with van der Waals surface area (Å²) in [6, 6.07) is 0. The number of amides is 1. The normalized spacial score (nSPS) is 20.3. The van der Waals surface area contributed by atoms with E-state index in [1.165, 1.54) is 0 Å². The quantitative estimate of drug-likeness (QED) is 0.582. The predicted octanol–water partition coefficient (Wildman–Crippen LogP) is 0.546. The maximum atomic E-state index is 11.3. The van der Waals surface area contributed by atoms with Crippen molar-refractivity contribution in [1.29, 1.82) is 0 Å². The average Bonchev–Trinajstić information content (AvgIpc) is 2.06. The molecule has 12 heavy (non-hydrogen) atoms. The number of carbonyl (C=O) groups is 1. The standard InChI is InChI=1S/C9H15NO2/c1-2-3-9(12)10-6-4-8(11)5-7-10/h2-3,8,11H,4-7H2,1H3/b3-2+. The third-order valence-electron chi connectivity index (χ3n) is 2.09. The monoisotopic (exact) mass is 169 g/mol. The van der Waals surface area contributed by atoms with E-state index in [4.69, 9.17) is 0 Å². The second-order valence-electron chi connectivity index (χ2n) is 3.06. The van der Waals surface area contributed by atoms with Crippen LogP contribution in [-0.4, -0.2) is 35.1 Å². The van der Waals surface area contributed by atoms with E-state index >= 15 is 0 Å². The van der Waals surface area contributed by atoms with Gasteiger partial charge in [0.05, 0.1) is 6.10 Å². The summed E-state index contributed by atoms with van der Waals surface area (Å²) >= 11 is 0. The van der Waals surface area contributed by atoms with Gasteiger partial charge >= 0.3 is 0 Å². The highest BCUT2D eigenvalue weighted by atomic mass is 16.3. The van der Waals surface area contributed by atoms with Crippen molar-refractivity contribution >= 4 is 5.91 Å². The van der Waals surface area contributed by atoms with Crippen LogP contribution >= 0.6 is 0 Å². The second-order valence-corrected chi connectivity index (χ2v) is 3.06. The molecular formula is C9H15NO2. The minimum atomic E-state index is -0.209. The molecule has 1 amide bonds. The number of nitrogens with zero attached hydrogens (tertiary/aromatic N) is 1. The topological polar surface area (TPSA) is 40.5 Å². The molecule has 0 aromatic carbocycles. The van der Waals surface area contributed by atoms with Gasteiger partial charge in [-0.1, -0.05) is 6.08 Å². The van der Waals surface area contributed by atoms with Crippen LogP contribution in [0.3, 0.4) is 0 Å². The predicted molar refractivity (Wildman–Crippen MR) is 46.6 cm³/mol. The van der Waals surface area contributed by atoms with Gasteiger partial charge in [-0.05, 0) is 25.8 Å². The van der Waals surface area contributed by atoms with E-state index < -0.39 is 0 Å². The van der Waals surface area contributed by atoms with Crippen LogP contribution in [0.4, 0.5) is 0 Å². The summed E-state index contributed by atoms with van der Waals surface area (Å²) in [5.74, 6) is 0.0596. The molecule has 68 valence electrons. The third kappa shape index (κ3) is 2.34. The first-order valence-corrected chi connectivity index (χ1v) is 4.33. The van der Waals surface area contributed by atoms with Crippen molar-refractivity contribution in [2.24, 2.45) is 0 Å². The van der Waals surface area contributed by atoms with Gasteiger partial charge in [0.1, 0.15) is 0 Å². The molecule has 1 N–H and O–H groups in total. The molecular weight excluding hydrogens is 154 g/mol. The molecule has 3 nitrogen and oxygen atoms in total. The number of hydrogen-bond acceptors (Lipinski definition) is 2. The van der Waals surface area contributed by atoms with Crippen molar-refractivity contribution in [3.05, 3.63) is 12.2 Å². The van der Waals surface area contributed by atoms with Gasteiger partial charge in [-0.15, -0.1) is 0 Å². The molecule has 1 rings (SSSR count). The molecule has 1 saturated heterocycles. The van der Waals surface area contributed by atoms with Crippen LogP contribution in [0.25, 0.3) is 0 Å². The highest BCUT2D eigenvalue weighted by Gasteiger charge is 2.18. The fraction of sp³-hybridized carbons (Fsp3) is 0.667. The molecule has 0 aromatic rings. The van der Waals surface area contributed by atoms with Crippen LogP contribution in [-0.2, 0) is 4.79 Å². The summed E-state index contributed by atoms with van der Waals surface area (Å²) < 4.78 is 0. The number of hydrogen-bond donors (Lipinski definition) is 1. The van der Waals surface area contributed by atoms with Crippen LogP contribution in [0.1, 0.15) is 19.8 Å². The van der Waals surface area contributed by atoms with E-state index in [1.54, 1.807) is 17.1 Å². The van der Waals surface area contributed by atoms with Gasteiger partial charge in [0.15, 0.2) is 0 Å². The van der Waals surface area contributed by atoms with Crippen LogP contribution < -0.4 is 0 Å². The number of aliphatic hydroxyl groups excluding tert-OH is 1. The molecule has 0 radical (unpaired) electrons.